The van der Waals surface area contributed by atoms with Crippen molar-refractivity contribution in [1.29, 1.82) is 5.26 Å². The number of hydrogen-bond acceptors (Lipinski definition) is 10. The number of nitrogens with zero attached hydrogens (tertiary/aromatic N) is 1. The van der Waals surface area contributed by atoms with Gasteiger partial charge in [0.1, 0.15) is 23.3 Å². The smallest absolute Gasteiger partial charge is 0.340 e. The number of aliphatic hydroxyl groups is 2. The zero-order valence-electron chi connectivity index (χ0n) is 40.5. The summed E-state index contributed by atoms with van der Waals surface area (Å²) in [5, 5.41) is 29.4. The zero-order valence-corrected chi connectivity index (χ0v) is 40.5. The molecule has 2 aliphatic carbocycles. The third-order valence-electron chi connectivity index (χ3n) is 11.5. The van der Waals surface area contributed by atoms with Gasteiger partial charge in [-0.25, -0.2) is 4.79 Å². The lowest BCUT2D eigenvalue weighted by molar-refractivity contribution is -0.115. The second-order valence-electron chi connectivity index (χ2n) is 16.7. The summed E-state index contributed by atoms with van der Waals surface area (Å²) in [7, 11) is 3.30. The van der Waals surface area contributed by atoms with Gasteiger partial charge in [-0.15, -0.1) is 0 Å². The van der Waals surface area contributed by atoms with E-state index < -0.39 is 12.1 Å². The maximum absolute atomic E-state index is 11.7. The average Bonchev–Trinajstić information content (AvgIpc) is 3.65. The van der Waals surface area contributed by atoms with Crippen LogP contribution in [0.15, 0.2) is 143 Å². The first kappa shape index (κ1) is 53.1. The number of carbonyl (C=O) groups is 2. The molecule has 3 aromatic rings. The molecular weight excluding hydrogens is 843 g/mol. The van der Waals surface area contributed by atoms with Gasteiger partial charge >= 0.3 is 5.97 Å². The summed E-state index contributed by atoms with van der Waals surface area (Å²) in [6, 6.07) is 19.5. The van der Waals surface area contributed by atoms with Crippen molar-refractivity contribution >= 4 is 17.8 Å². The first-order chi connectivity index (χ1) is 32.2. The van der Waals surface area contributed by atoms with E-state index >= 15 is 0 Å². The first-order valence-corrected chi connectivity index (χ1v) is 22.7. The van der Waals surface area contributed by atoms with E-state index in [-0.39, 0.29) is 36.3 Å². The summed E-state index contributed by atoms with van der Waals surface area (Å²) in [6.45, 7) is 14.9. The van der Waals surface area contributed by atoms with Gasteiger partial charge in [0.15, 0.2) is 5.78 Å². The van der Waals surface area contributed by atoms with Gasteiger partial charge < -0.3 is 33.9 Å². The van der Waals surface area contributed by atoms with Crippen LogP contribution in [0.4, 0.5) is 0 Å². The molecule has 1 heterocycles. The normalized spacial score (nSPS) is 22.1. The molecule has 2 unspecified atom stereocenters. The lowest BCUT2D eigenvalue weighted by Gasteiger charge is -2.18. The van der Waals surface area contributed by atoms with Crippen LogP contribution in [-0.2, 0) is 32.2 Å². The number of methoxy groups -OCH3 is 2. The summed E-state index contributed by atoms with van der Waals surface area (Å²) in [6.07, 6.45) is 23.2. The fourth-order valence-electron chi connectivity index (χ4n) is 7.75. The molecule has 2 N–H and O–H groups in total. The largest absolute Gasteiger partial charge is 0.508 e. The Morgan fingerprint density at radius 1 is 0.806 bits per heavy atom. The minimum Gasteiger partial charge on any atom is -0.508 e. The van der Waals surface area contributed by atoms with E-state index in [0.29, 0.717) is 30.8 Å². The fourth-order valence-corrected chi connectivity index (χ4v) is 7.75. The molecular formula is C57H67NO9. The Bertz CT molecular complexity index is 2440. The van der Waals surface area contributed by atoms with Gasteiger partial charge in [0, 0.05) is 12.0 Å². The molecule has 0 aromatic heterocycles. The van der Waals surface area contributed by atoms with Crippen molar-refractivity contribution in [2.75, 3.05) is 20.8 Å². The van der Waals surface area contributed by atoms with E-state index in [1.54, 1.807) is 20.3 Å². The quantitative estimate of drug-likeness (QED) is 0.178. The molecule has 67 heavy (non-hydrogen) atoms. The summed E-state index contributed by atoms with van der Waals surface area (Å²) in [4.78, 5) is 22.7. The lowest BCUT2D eigenvalue weighted by Crippen LogP contribution is -2.16. The van der Waals surface area contributed by atoms with Crippen molar-refractivity contribution in [2.24, 2.45) is 5.92 Å². The lowest BCUT2D eigenvalue weighted by atomic mass is 9.92. The van der Waals surface area contributed by atoms with E-state index in [1.807, 2.05) is 163 Å². The van der Waals surface area contributed by atoms with E-state index in [2.05, 4.69) is 6.92 Å². The van der Waals surface area contributed by atoms with Crippen molar-refractivity contribution in [2.45, 2.75) is 106 Å². The van der Waals surface area contributed by atoms with Gasteiger partial charge in [0.05, 0.1) is 51.8 Å². The van der Waals surface area contributed by atoms with Crippen LogP contribution >= 0.6 is 0 Å². The Morgan fingerprint density at radius 2 is 1.42 bits per heavy atom. The molecule has 6 rings (SSSR count). The third kappa shape index (κ3) is 16.4. The second-order valence-corrected chi connectivity index (χ2v) is 16.7. The molecule has 3 aliphatic rings. The van der Waals surface area contributed by atoms with Crippen molar-refractivity contribution in [3.05, 3.63) is 182 Å². The number of fused-ring (bicyclic) bond motifs is 1. The topological polar surface area (TPSA) is 145 Å². The Labute approximate surface area is 397 Å². The number of ketones is 1. The van der Waals surface area contributed by atoms with Crippen LogP contribution in [0.5, 0.6) is 11.5 Å². The summed E-state index contributed by atoms with van der Waals surface area (Å²) >= 11 is 0. The van der Waals surface area contributed by atoms with E-state index in [0.717, 1.165) is 80.9 Å². The molecule has 0 saturated carbocycles. The van der Waals surface area contributed by atoms with Crippen LogP contribution < -0.4 is 9.47 Å². The van der Waals surface area contributed by atoms with Gasteiger partial charge in [0.25, 0.3) is 0 Å². The summed E-state index contributed by atoms with van der Waals surface area (Å²) in [5.74, 6) is 1.91. The van der Waals surface area contributed by atoms with E-state index in [1.165, 1.54) is 0 Å². The highest BCUT2D eigenvalue weighted by molar-refractivity contribution is 5.97. The first-order valence-electron chi connectivity index (χ1n) is 22.7. The highest BCUT2D eigenvalue weighted by Gasteiger charge is 2.33. The van der Waals surface area contributed by atoms with E-state index in [9.17, 15) is 19.8 Å². The molecule has 3 aromatic carbocycles. The maximum Gasteiger partial charge on any atom is 0.340 e. The number of benzene rings is 3. The van der Waals surface area contributed by atoms with Gasteiger partial charge in [-0.1, -0.05) is 79.8 Å². The Hall–Kier alpha value is -6.51. The molecule has 1 aliphatic heterocycles. The number of aryl methyl sites for hydroxylation is 1. The minimum absolute atomic E-state index is 0.0593. The third-order valence-corrected chi connectivity index (χ3v) is 11.5. The molecule has 10 heteroatoms. The number of esters is 1. The number of allylic oxidation sites excluding steroid dienone is 10. The second kappa shape index (κ2) is 27.2. The number of ether oxygens (including phenoxy) is 5. The van der Waals surface area contributed by atoms with Crippen LogP contribution in [0.2, 0.25) is 0 Å². The minimum atomic E-state index is -0.755. The average molecular weight is 910 g/mol. The Morgan fingerprint density at radius 3 is 1.96 bits per heavy atom. The van der Waals surface area contributed by atoms with Crippen molar-refractivity contribution in [3.8, 4) is 17.6 Å². The van der Waals surface area contributed by atoms with Crippen LogP contribution in [0.25, 0.3) is 6.08 Å². The van der Waals surface area contributed by atoms with Crippen LogP contribution in [0.1, 0.15) is 110 Å². The molecule has 4 atom stereocenters. The van der Waals surface area contributed by atoms with Crippen LogP contribution in [0, 0.1) is 31.1 Å². The standard InChI is InChI=1S/C29H38O4.C14H13NO2.C14H16O3/c1-6-7-29-22(3)9-10-25(19-30)18-28(13-8-21(2)16-26(31)17-23(29)4)33-20-24-11-14-27(32-5)15-12-24;1-4-5-10-8(2)6-11-12(7-15)17-14(16)13(11)9(10)3;1-16-13-6-2-11(3-7-13)10-17-14-8-4-12(15)5-9-14/h6-7,9-12,14-18,21,28,30-31H,8,13,19-20H2,1-5H3;4-6,12H,1-3H3;2-4,6-8,14H,5,9-10H2,1H3/b7-6+,10-9+,23-17?,25-18-,26-16?,29-22-;5-4+;/t21?,28-;;14-/m0.1/s1. The van der Waals surface area contributed by atoms with E-state index in [4.69, 9.17) is 28.9 Å². The molecule has 0 saturated heterocycles. The molecule has 0 fully saturated rings. The Balaban J connectivity index is 0.000000241. The monoisotopic (exact) mass is 909 g/mol. The molecule has 0 amide bonds. The molecule has 0 spiro atoms. The van der Waals surface area contributed by atoms with Gasteiger partial charge in [-0.2, -0.15) is 5.26 Å². The molecule has 0 bridgehead atoms. The van der Waals surface area contributed by atoms with Crippen LogP contribution in [0.3, 0.4) is 0 Å². The number of nitriles is 1. The molecule has 10 nitrogen and oxygen atoms in total. The zero-order chi connectivity index (χ0) is 48.9. The molecule has 0 radical (unpaired) electrons. The SMILES string of the molecule is C/C=C/C1=C(C)/C=C/C(CO)=C/[C@@H](OCc2ccc(OC)cc2)CCC(C)C=C(O)C=C1C.C/C=C/c1c(C)cc2c(c1C)C(=O)OC2C#N.COc1ccc(CO[C@@H]2C=CC(=O)CC2)cc1. The highest BCUT2D eigenvalue weighted by atomic mass is 16.5. The fraction of sp³-hybridized carbons (Fsp3) is 0.351. The number of aliphatic hydroxyl groups excluding tert-OH is 2. The maximum atomic E-state index is 11.7. The summed E-state index contributed by atoms with van der Waals surface area (Å²) < 4.78 is 27.3. The number of carbonyl (C=O) groups excluding carboxylic acids is 2. The van der Waals surface area contributed by atoms with Crippen LogP contribution in [-0.4, -0.2) is 55.0 Å². The van der Waals surface area contributed by atoms with Gasteiger partial charge in [-0.05, 0) is 165 Å². The van der Waals surface area contributed by atoms with Crippen molar-refractivity contribution in [1.82, 2.24) is 0 Å². The number of hydrogen-bond donors (Lipinski definition) is 2. The van der Waals surface area contributed by atoms with Crippen molar-refractivity contribution in [3.63, 3.8) is 0 Å². The Kier molecular flexibility index (Phi) is 21.6. The highest BCUT2D eigenvalue weighted by Crippen LogP contribution is 2.36. The van der Waals surface area contributed by atoms with Gasteiger partial charge in [0.2, 0.25) is 6.10 Å². The van der Waals surface area contributed by atoms with Crippen molar-refractivity contribution < 1.29 is 43.5 Å². The van der Waals surface area contributed by atoms with Gasteiger partial charge in [-0.3, -0.25) is 4.79 Å². The summed E-state index contributed by atoms with van der Waals surface area (Å²) in [5.41, 5.74) is 10.3. The predicted octanol–water partition coefficient (Wildman–Crippen LogP) is 12.3. The number of cyclic esters (lactones) is 1. The predicted molar refractivity (Wildman–Crippen MR) is 266 cm³/mol. The number of rotatable bonds is 11. The molecule has 354 valence electrons.